The summed E-state index contributed by atoms with van der Waals surface area (Å²) in [6, 6.07) is -0.625. The lowest BCUT2D eigenvalue weighted by atomic mass is 10.0. The molecule has 2 unspecified atom stereocenters. The van der Waals surface area contributed by atoms with Gasteiger partial charge in [0.15, 0.2) is 0 Å². The summed E-state index contributed by atoms with van der Waals surface area (Å²) in [6.07, 6.45) is 107. The Bertz CT molecular complexity index is 1420. The Balaban J connectivity index is 3.32. The van der Waals surface area contributed by atoms with Gasteiger partial charge in [0.05, 0.1) is 25.4 Å². The Hall–Kier alpha value is -1.40. The number of ether oxygens (including phenoxy) is 1. The van der Waals surface area contributed by atoms with Crippen LogP contribution >= 0.6 is 0 Å². The Kier molecular flexibility index (Phi) is 81.8. The molecule has 0 aromatic carbocycles. The van der Waals surface area contributed by atoms with E-state index in [1.807, 2.05) is 6.08 Å². The molecule has 3 N–H and O–H groups in total. The quantitative estimate of drug-likeness (QED) is 0.0320. The lowest BCUT2D eigenvalue weighted by Gasteiger charge is -2.20. The Morgan fingerprint density at radius 2 is 0.495 bits per heavy atom. The summed E-state index contributed by atoms with van der Waals surface area (Å²) in [7, 11) is 0. The molecule has 0 spiro atoms. The van der Waals surface area contributed by atoms with Gasteiger partial charge in [0.1, 0.15) is 0 Å². The molecule has 1 amide bonds. The number of carbonyl (C=O) groups excluding carboxylic acids is 2. The topological polar surface area (TPSA) is 95.9 Å². The zero-order chi connectivity index (χ0) is 67.0. The van der Waals surface area contributed by atoms with Crippen LogP contribution in [0.1, 0.15) is 508 Å². The minimum absolute atomic E-state index is 0.0278. The first kappa shape index (κ1) is 91.6. The average Bonchev–Trinajstić information content (AvgIpc) is 3.78. The predicted molar refractivity (Wildman–Crippen MR) is 412 cm³/mol. The van der Waals surface area contributed by atoms with E-state index >= 15 is 0 Å². The van der Waals surface area contributed by atoms with E-state index in [2.05, 4.69) is 19.2 Å². The van der Waals surface area contributed by atoms with Crippen molar-refractivity contribution in [2.45, 2.75) is 520 Å². The van der Waals surface area contributed by atoms with Gasteiger partial charge in [-0.25, -0.2) is 0 Å². The number of aliphatic hydroxyl groups excluding tert-OH is 2. The van der Waals surface area contributed by atoms with Crippen LogP contribution in [-0.2, 0) is 14.3 Å². The number of nitrogens with one attached hydrogen (secondary N) is 1. The van der Waals surface area contributed by atoms with Crippen LogP contribution in [0, 0.1) is 0 Å². The minimum Gasteiger partial charge on any atom is -0.466 e. The second-order valence-corrected chi connectivity index (χ2v) is 30.2. The zero-order valence-electron chi connectivity index (χ0n) is 63.8. The van der Waals surface area contributed by atoms with Crippen molar-refractivity contribution < 1.29 is 24.5 Å². The molecule has 0 radical (unpaired) electrons. The number of hydrogen-bond acceptors (Lipinski definition) is 5. The second kappa shape index (κ2) is 83.0. The molecule has 554 valence electrons. The summed E-state index contributed by atoms with van der Waals surface area (Å²) in [4.78, 5) is 24.7. The molecule has 0 aromatic rings. The molecule has 93 heavy (non-hydrogen) atoms. The summed E-state index contributed by atoms with van der Waals surface area (Å²) in [6.45, 7) is 4.98. The van der Waals surface area contributed by atoms with Crippen molar-refractivity contribution in [3.8, 4) is 0 Å². The number of rotatable bonds is 83. The first-order valence-electron chi connectivity index (χ1n) is 43.5. The number of esters is 1. The standard InChI is InChI=1S/C87H171NO5/c1-3-5-7-9-11-13-15-17-19-21-23-24-25-37-40-44-47-51-55-59-63-67-71-75-79-85(90)84(83-89)88-86(91)80-76-72-68-64-60-56-52-48-45-41-38-35-33-31-29-27-26-28-30-32-34-36-39-42-46-50-54-58-62-66-70-74-78-82-93-87(92)81-77-73-69-65-61-57-53-49-43-22-20-18-16-14-12-10-8-6-4-2/h75,79,84-85,89-90H,3-74,76-78,80-83H2,1-2H3,(H,88,91)/b79-75+. The van der Waals surface area contributed by atoms with Crippen molar-refractivity contribution in [2.75, 3.05) is 13.2 Å². The summed E-state index contributed by atoms with van der Waals surface area (Å²) >= 11 is 0. The monoisotopic (exact) mass is 1310 g/mol. The van der Waals surface area contributed by atoms with Crippen molar-refractivity contribution in [3.05, 3.63) is 12.2 Å². The minimum atomic E-state index is -0.842. The van der Waals surface area contributed by atoms with Gasteiger partial charge in [0.2, 0.25) is 5.91 Å². The van der Waals surface area contributed by atoms with Crippen LogP contribution in [-0.4, -0.2) is 47.4 Å². The van der Waals surface area contributed by atoms with E-state index in [0.717, 1.165) is 38.5 Å². The second-order valence-electron chi connectivity index (χ2n) is 30.2. The van der Waals surface area contributed by atoms with Gasteiger partial charge in [0.25, 0.3) is 0 Å². The molecule has 6 nitrogen and oxygen atoms in total. The molecular weight excluding hydrogens is 1140 g/mol. The lowest BCUT2D eigenvalue weighted by molar-refractivity contribution is -0.143. The molecule has 0 aliphatic heterocycles. The van der Waals surface area contributed by atoms with Crippen LogP contribution < -0.4 is 5.32 Å². The van der Waals surface area contributed by atoms with Gasteiger partial charge in [0, 0.05) is 12.8 Å². The maximum atomic E-state index is 12.6. The maximum absolute atomic E-state index is 12.6. The molecule has 0 saturated carbocycles. The van der Waals surface area contributed by atoms with E-state index in [4.69, 9.17) is 4.74 Å². The largest absolute Gasteiger partial charge is 0.466 e. The highest BCUT2D eigenvalue weighted by Gasteiger charge is 2.18. The number of aliphatic hydroxyl groups is 2. The fraction of sp³-hybridized carbons (Fsp3) is 0.954. The third-order valence-corrected chi connectivity index (χ3v) is 20.8. The normalized spacial score (nSPS) is 12.4. The molecule has 0 aromatic heterocycles. The Labute approximate surface area is 584 Å². The molecule has 0 bridgehead atoms. The molecule has 0 saturated heterocycles. The number of hydrogen-bond donors (Lipinski definition) is 3. The highest BCUT2D eigenvalue weighted by Crippen LogP contribution is 2.21. The SMILES string of the molecule is CCCCCCCCCCCCCCCCCCCCCCCC/C=C/C(O)C(CO)NC(=O)CCCCCCCCCCCCCCCCCCCCCCCCCCCCCCCCCCCOC(=O)CCCCCCCCCCCCCCCCCCCCC. The van der Waals surface area contributed by atoms with Gasteiger partial charge in [-0.2, -0.15) is 0 Å². The molecule has 0 heterocycles. The van der Waals surface area contributed by atoms with E-state index < -0.39 is 12.1 Å². The fourth-order valence-corrected chi connectivity index (χ4v) is 14.2. The number of unbranched alkanes of at least 4 members (excludes halogenated alkanes) is 72. The highest BCUT2D eigenvalue weighted by atomic mass is 16.5. The third kappa shape index (κ3) is 79.5. The van der Waals surface area contributed by atoms with Crippen molar-refractivity contribution in [1.82, 2.24) is 5.32 Å². The van der Waals surface area contributed by atoms with Gasteiger partial charge in [-0.05, 0) is 32.1 Å². The van der Waals surface area contributed by atoms with Crippen LogP contribution in [0.4, 0.5) is 0 Å². The van der Waals surface area contributed by atoms with E-state index in [9.17, 15) is 19.8 Å². The summed E-state index contributed by atoms with van der Waals surface area (Å²) in [5, 5.41) is 23.3. The predicted octanol–water partition coefficient (Wildman–Crippen LogP) is 29.0. The zero-order valence-corrected chi connectivity index (χ0v) is 63.8. The van der Waals surface area contributed by atoms with E-state index in [-0.39, 0.29) is 18.5 Å². The van der Waals surface area contributed by atoms with Gasteiger partial charge < -0.3 is 20.3 Å². The van der Waals surface area contributed by atoms with Crippen molar-refractivity contribution in [1.29, 1.82) is 0 Å². The van der Waals surface area contributed by atoms with Crippen LogP contribution in [0.25, 0.3) is 0 Å². The van der Waals surface area contributed by atoms with Crippen LogP contribution in [0.3, 0.4) is 0 Å². The van der Waals surface area contributed by atoms with Crippen molar-refractivity contribution >= 4 is 11.9 Å². The molecule has 0 rings (SSSR count). The van der Waals surface area contributed by atoms with E-state index in [1.165, 1.54) is 443 Å². The highest BCUT2D eigenvalue weighted by molar-refractivity contribution is 5.76. The Morgan fingerprint density at radius 3 is 0.731 bits per heavy atom. The van der Waals surface area contributed by atoms with E-state index in [0.29, 0.717) is 19.4 Å². The first-order chi connectivity index (χ1) is 46.0. The van der Waals surface area contributed by atoms with Crippen LogP contribution in [0.2, 0.25) is 0 Å². The third-order valence-electron chi connectivity index (χ3n) is 20.8. The molecule has 0 fully saturated rings. The first-order valence-corrected chi connectivity index (χ1v) is 43.5. The molecular formula is C87H171NO5. The van der Waals surface area contributed by atoms with Gasteiger partial charge in [-0.15, -0.1) is 0 Å². The smallest absolute Gasteiger partial charge is 0.305 e. The van der Waals surface area contributed by atoms with E-state index in [1.54, 1.807) is 6.08 Å². The number of allylic oxidation sites excluding steroid dienone is 1. The van der Waals surface area contributed by atoms with Crippen LogP contribution in [0.5, 0.6) is 0 Å². The number of carbonyl (C=O) groups is 2. The van der Waals surface area contributed by atoms with Gasteiger partial charge in [-0.1, -0.05) is 475 Å². The molecule has 0 aliphatic carbocycles. The molecule has 2 atom stereocenters. The lowest BCUT2D eigenvalue weighted by Crippen LogP contribution is -2.45. The van der Waals surface area contributed by atoms with Crippen molar-refractivity contribution in [2.24, 2.45) is 0 Å². The van der Waals surface area contributed by atoms with Crippen molar-refractivity contribution in [3.63, 3.8) is 0 Å². The van der Waals surface area contributed by atoms with Gasteiger partial charge >= 0.3 is 5.97 Å². The molecule has 0 aliphatic rings. The number of amides is 1. The fourth-order valence-electron chi connectivity index (χ4n) is 14.2. The summed E-state index contributed by atoms with van der Waals surface area (Å²) in [5.74, 6) is -0.0291. The summed E-state index contributed by atoms with van der Waals surface area (Å²) < 4.78 is 5.53. The molecule has 6 heteroatoms. The van der Waals surface area contributed by atoms with Gasteiger partial charge in [-0.3, -0.25) is 9.59 Å². The Morgan fingerprint density at radius 1 is 0.290 bits per heavy atom. The average molecular weight is 1310 g/mol. The van der Waals surface area contributed by atoms with Crippen LogP contribution in [0.15, 0.2) is 12.2 Å². The maximum Gasteiger partial charge on any atom is 0.305 e. The summed E-state index contributed by atoms with van der Waals surface area (Å²) in [5.41, 5.74) is 0.